The van der Waals surface area contributed by atoms with Gasteiger partial charge in [0.1, 0.15) is 13.2 Å². The first kappa shape index (κ1) is 62.5. The third-order valence-electron chi connectivity index (χ3n) is 12.0. The molecule has 0 saturated carbocycles. The Hall–Kier alpha value is -1.54. The number of carbonyl (C=O) groups excluding carboxylic acids is 1. The highest BCUT2D eigenvalue weighted by atomic mass is 31.2. The molecule has 0 heterocycles. The molecule has 0 rings (SSSR count). The Labute approximate surface area is 397 Å². The number of amides is 1. The van der Waals surface area contributed by atoms with Crippen LogP contribution >= 0.6 is 7.82 Å². The molecule has 8 nitrogen and oxygen atoms in total. The summed E-state index contributed by atoms with van der Waals surface area (Å²) in [7, 11) is 1.54. The van der Waals surface area contributed by atoms with Crippen LogP contribution in [0, 0.1) is 0 Å². The number of hydrogen-bond acceptors (Lipinski definition) is 5. The van der Waals surface area contributed by atoms with Gasteiger partial charge in [0.05, 0.1) is 39.9 Å². The van der Waals surface area contributed by atoms with Crippen LogP contribution < -0.4 is 5.32 Å². The number of hydrogen-bond donors (Lipinski definition) is 3. The topological polar surface area (TPSA) is 105 Å². The van der Waals surface area contributed by atoms with E-state index in [2.05, 4.69) is 55.6 Å². The average molecular weight is 922 g/mol. The highest BCUT2D eigenvalue weighted by molar-refractivity contribution is 7.47. The lowest BCUT2D eigenvalue weighted by atomic mass is 10.0. The number of carbonyl (C=O) groups is 1. The number of allylic oxidation sites excluding steroid dienone is 7. The maximum Gasteiger partial charge on any atom is 0.472 e. The summed E-state index contributed by atoms with van der Waals surface area (Å²) in [6, 6.07) is -0.874. The lowest BCUT2D eigenvalue weighted by Gasteiger charge is -2.25. The van der Waals surface area contributed by atoms with Crippen LogP contribution in [0.15, 0.2) is 48.6 Å². The number of aliphatic hydroxyl groups excluding tert-OH is 1. The molecular weight excluding hydrogens is 816 g/mol. The van der Waals surface area contributed by atoms with Gasteiger partial charge in [0.15, 0.2) is 0 Å². The van der Waals surface area contributed by atoms with Crippen molar-refractivity contribution in [3.8, 4) is 0 Å². The zero-order chi connectivity index (χ0) is 47.1. The summed E-state index contributed by atoms with van der Waals surface area (Å²) in [6.45, 7) is 4.76. The van der Waals surface area contributed by atoms with E-state index in [1.165, 1.54) is 167 Å². The third-order valence-corrected chi connectivity index (χ3v) is 13.0. The van der Waals surface area contributed by atoms with Gasteiger partial charge in [-0.15, -0.1) is 0 Å². The predicted molar refractivity (Wildman–Crippen MR) is 277 cm³/mol. The quantitative estimate of drug-likeness (QED) is 0.0243. The molecule has 0 radical (unpaired) electrons. The first-order chi connectivity index (χ1) is 31.0. The average Bonchev–Trinajstić information content (AvgIpc) is 3.25. The van der Waals surface area contributed by atoms with Gasteiger partial charge in [-0.25, -0.2) is 4.57 Å². The van der Waals surface area contributed by atoms with Crippen LogP contribution in [0.1, 0.15) is 245 Å². The molecule has 376 valence electrons. The number of quaternary nitrogens is 1. The minimum absolute atomic E-state index is 0.0511. The minimum Gasteiger partial charge on any atom is -0.387 e. The second-order valence-corrected chi connectivity index (χ2v) is 21.0. The number of phosphoric ester groups is 1. The van der Waals surface area contributed by atoms with E-state index in [0.717, 1.165) is 57.8 Å². The van der Waals surface area contributed by atoms with Crippen molar-refractivity contribution >= 4 is 13.7 Å². The van der Waals surface area contributed by atoms with Crippen molar-refractivity contribution in [3.05, 3.63) is 48.6 Å². The molecule has 0 fully saturated rings. The lowest BCUT2D eigenvalue weighted by molar-refractivity contribution is -0.870. The van der Waals surface area contributed by atoms with E-state index in [4.69, 9.17) is 9.05 Å². The van der Waals surface area contributed by atoms with Gasteiger partial charge in [-0.05, 0) is 70.6 Å². The second kappa shape index (κ2) is 46.6. The number of likely N-dealkylation sites (N-methyl/N-ethyl adjacent to an activating group) is 1. The number of rotatable bonds is 49. The monoisotopic (exact) mass is 922 g/mol. The maximum atomic E-state index is 12.9. The summed E-state index contributed by atoms with van der Waals surface area (Å²) in [4.78, 5) is 23.1. The van der Waals surface area contributed by atoms with E-state index in [1.807, 2.05) is 27.2 Å². The Kier molecular flexibility index (Phi) is 45.4. The summed E-state index contributed by atoms with van der Waals surface area (Å²) < 4.78 is 23.6. The van der Waals surface area contributed by atoms with Crippen molar-refractivity contribution in [3.63, 3.8) is 0 Å². The largest absolute Gasteiger partial charge is 0.472 e. The van der Waals surface area contributed by atoms with Crippen LogP contribution in [0.3, 0.4) is 0 Å². The molecule has 0 spiro atoms. The van der Waals surface area contributed by atoms with E-state index < -0.39 is 20.0 Å². The van der Waals surface area contributed by atoms with Crippen LogP contribution in [0.25, 0.3) is 0 Å². The van der Waals surface area contributed by atoms with Gasteiger partial charge in [-0.2, -0.15) is 0 Å². The molecule has 3 N–H and O–H groups in total. The molecule has 3 atom stereocenters. The lowest BCUT2D eigenvalue weighted by Crippen LogP contribution is -2.45. The van der Waals surface area contributed by atoms with Crippen LogP contribution in [0.4, 0.5) is 0 Å². The number of aliphatic hydroxyl groups is 1. The molecule has 3 unspecified atom stereocenters. The number of nitrogens with zero attached hydrogens (tertiary/aromatic N) is 1. The normalized spacial score (nSPS) is 14.4. The van der Waals surface area contributed by atoms with E-state index in [-0.39, 0.29) is 19.1 Å². The molecule has 9 heteroatoms. The van der Waals surface area contributed by atoms with Crippen LogP contribution in [-0.4, -0.2) is 73.4 Å². The summed E-state index contributed by atoms with van der Waals surface area (Å²) >= 11 is 0. The zero-order valence-corrected chi connectivity index (χ0v) is 43.7. The van der Waals surface area contributed by atoms with Crippen molar-refractivity contribution in [2.24, 2.45) is 0 Å². The SMILES string of the molecule is CCCCC/C=C\CCCCCCCC(=O)NC(COP(=O)(O)OCC[N+](C)(C)C)C(O)/C=C/CC/C=C/CC/C=C/CCCCCCCCCCCCCCCCCCCCCC. The van der Waals surface area contributed by atoms with E-state index >= 15 is 0 Å². The summed E-state index contributed by atoms with van der Waals surface area (Å²) in [5.41, 5.74) is 0. The fraction of sp³-hybridized carbons (Fsp3) is 0.836. The second-order valence-electron chi connectivity index (χ2n) is 19.6. The first-order valence-electron chi connectivity index (χ1n) is 27.0. The molecule has 64 heavy (non-hydrogen) atoms. The smallest absolute Gasteiger partial charge is 0.387 e. The molecule has 0 aliphatic carbocycles. The standard InChI is InChI=1S/C55H105N2O6P/c1-6-8-10-12-14-16-18-20-21-22-23-24-25-26-27-28-29-30-31-32-33-34-35-36-37-38-40-42-44-46-48-54(58)53(52-63-64(60,61)62-51-50-57(3,4)5)56-55(59)49-47-45-43-41-39-19-17-15-13-11-9-7-2/h15,17,34-35,38,40,46,48,53-54,58H,6-14,16,18-33,36-37,39,41-45,47,49-52H2,1-5H3,(H-,56,59,60,61)/p+1/b17-15-,35-34+,40-38+,48-46+. The van der Waals surface area contributed by atoms with Crippen molar-refractivity contribution in [1.29, 1.82) is 0 Å². The predicted octanol–water partition coefficient (Wildman–Crippen LogP) is 16.0. The number of unbranched alkanes of at least 4 members (excludes halogenated alkanes) is 30. The molecule has 0 aliphatic rings. The maximum absolute atomic E-state index is 12.9. The van der Waals surface area contributed by atoms with Gasteiger partial charge in [-0.1, -0.05) is 217 Å². The Balaban J connectivity index is 4.20. The first-order valence-corrected chi connectivity index (χ1v) is 28.5. The van der Waals surface area contributed by atoms with E-state index in [9.17, 15) is 19.4 Å². The zero-order valence-electron chi connectivity index (χ0n) is 42.8. The molecule has 0 aromatic rings. The molecule has 0 aliphatic heterocycles. The Bertz CT molecular complexity index is 1180. The molecule has 0 aromatic heterocycles. The Morgan fingerprint density at radius 1 is 0.516 bits per heavy atom. The van der Waals surface area contributed by atoms with Gasteiger partial charge >= 0.3 is 7.82 Å². The fourth-order valence-corrected chi connectivity index (χ4v) is 8.45. The van der Waals surface area contributed by atoms with Gasteiger partial charge in [0, 0.05) is 6.42 Å². The molecular formula is C55H106N2O6P+. The third kappa shape index (κ3) is 48.4. The summed E-state index contributed by atoms with van der Waals surface area (Å²) in [5, 5.41) is 13.8. The molecule has 0 bridgehead atoms. The fourth-order valence-electron chi connectivity index (χ4n) is 7.72. The Morgan fingerprint density at radius 3 is 1.28 bits per heavy atom. The van der Waals surface area contributed by atoms with Crippen LogP contribution in [0.5, 0.6) is 0 Å². The van der Waals surface area contributed by atoms with Crippen molar-refractivity contribution in [1.82, 2.24) is 5.32 Å². The summed E-state index contributed by atoms with van der Waals surface area (Å²) in [6.07, 6.45) is 60.9. The van der Waals surface area contributed by atoms with Crippen LogP contribution in [0.2, 0.25) is 0 Å². The highest BCUT2D eigenvalue weighted by Crippen LogP contribution is 2.43. The highest BCUT2D eigenvalue weighted by Gasteiger charge is 2.27. The van der Waals surface area contributed by atoms with Crippen molar-refractivity contribution in [2.75, 3.05) is 40.9 Å². The van der Waals surface area contributed by atoms with Gasteiger partial charge in [0.2, 0.25) is 5.91 Å². The number of phosphoric acid groups is 1. The molecule has 0 aromatic carbocycles. The van der Waals surface area contributed by atoms with Crippen molar-refractivity contribution in [2.45, 2.75) is 257 Å². The van der Waals surface area contributed by atoms with Gasteiger partial charge < -0.3 is 19.8 Å². The number of nitrogens with one attached hydrogen (secondary N) is 1. The molecule has 1 amide bonds. The van der Waals surface area contributed by atoms with Gasteiger partial charge in [0.25, 0.3) is 0 Å². The van der Waals surface area contributed by atoms with E-state index in [1.54, 1.807) is 6.08 Å². The van der Waals surface area contributed by atoms with Crippen molar-refractivity contribution < 1.29 is 32.9 Å². The van der Waals surface area contributed by atoms with E-state index in [0.29, 0.717) is 17.4 Å². The summed E-state index contributed by atoms with van der Waals surface area (Å²) in [5.74, 6) is -0.201. The minimum atomic E-state index is -4.35. The van der Waals surface area contributed by atoms with Gasteiger partial charge in [-0.3, -0.25) is 13.8 Å². The van der Waals surface area contributed by atoms with Crippen LogP contribution in [-0.2, 0) is 18.4 Å². The Morgan fingerprint density at radius 2 is 0.859 bits per heavy atom. The molecule has 0 saturated heterocycles.